The van der Waals surface area contributed by atoms with E-state index < -0.39 is 0 Å². The van der Waals surface area contributed by atoms with Crippen LogP contribution in [-0.2, 0) is 16.1 Å². The van der Waals surface area contributed by atoms with Crippen LogP contribution in [0.2, 0.25) is 0 Å². The molecule has 0 aliphatic heterocycles. The Balaban J connectivity index is 1.72. The van der Waals surface area contributed by atoms with E-state index in [1.807, 2.05) is 57.2 Å². The maximum atomic E-state index is 12.9. The van der Waals surface area contributed by atoms with Gasteiger partial charge < -0.3 is 10.2 Å². The summed E-state index contributed by atoms with van der Waals surface area (Å²) in [7, 11) is 0. The molecular weight excluding hydrogens is 412 g/mol. The molecular formula is C23H26N4O3S. The number of hydrogen-bond acceptors (Lipinski definition) is 5. The third-order valence-electron chi connectivity index (χ3n) is 4.74. The maximum absolute atomic E-state index is 12.9. The Morgan fingerprint density at radius 2 is 1.87 bits per heavy atom. The molecule has 0 bridgehead atoms. The molecule has 2 heterocycles. The summed E-state index contributed by atoms with van der Waals surface area (Å²) < 4.78 is 1.16. The van der Waals surface area contributed by atoms with E-state index in [1.165, 1.54) is 11.0 Å². The number of nitrogens with one attached hydrogen (secondary N) is 1. The number of rotatable bonds is 8. The van der Waals surface area contributed by atoms with Crippen molar-refractivity contribution < 1.29 is 9.59 Å². The van der Waals surface area contributed by atoms with E-state index >= 15 is 0 Å². The molecule has 31 heavy (non-hydrogen) atoms. The van der Waals surface area contributed by atoms with Gasteiger partial charge >= 0.3 is 0 Å². The first-order valence-corrected chi connectivity index (χ1v) is 11.0. The minimum atomic E-state index is -0.355. The molecule has 2 amide bonds. The lowest BCUT2D eigenvalue weighted by atomic mass is 10.2. The molecule has 8 heteroatoms. The zero-order valence-electron chi connectivity index (χ0n) is 17.9. The summed E-state index contributed by atoms with van der Waals surface area (Å²) in [6.45, 7) is 5.96. The van der Waals surface area contributed by atoms with Crippen LogP contribution in [0.15, 0.2) is 53.3 Å². The highest BCUT2D eigenvalue weighted by Crippen LogP contribution is 2.25. The van der Waals surface area contributed by atoms with E-state index in [-0.39, 0.29) is 30.5 Å². The second kappa shape index (κ2) is 10.2. The van der Waals surface area contributed by atoms with Crippen LogP contribution in [0.4, 0.5) is 5.69 Å². The zero-order valence-corrected chi connectivity index (χ0v) is 18.7. The Labute approximate surface area is 185 Å². The number of amides is 2. The average Bonchev–Trinajstić information content (AvgIpc) is 3.17. The molecule has 3 aromatic rings. The van der Waals surface area contributed by atoms with Crippen LogP contribution in [0.5, 0.6) is 0 Å². The fourth-order valence-corrected chi connectivity index (χ4v) is 3.96. The fraction of sp³-hybridized carbons (Fsp3) is 0.304. The molecule has 0 atom stereocenters. The Morgan fingerprint density at radius 3 is 2.55 bits per heavy atom. The van der Waals surface area contributed by atoms with Crippen molar-refractivity contribution in [2.75, 3.05) is 18.4 Å². The molecule has 7 nitrogen and oxygen atoms in total. The van der Waals surface area contributed by atoms with Gasteiger partial charge in [-0.2, -0.15) is 5.10 Å². The maximum Gasteiger partial charge on any atom is 0.267 e. The monoisotopic (exact) mass is 438 g/mol. The lowest BCUT2D eigenvalue weighted by Gasteiger charge is -2.22. The lowest BCUT2D eigenvalue weighted by Crippen LogP contribution is -2.42. The van der Waals surface area contributed by atoms with Gasteiger partial charge in [0.2, 0.25) is 11.8 Å². The van der Waals surface area contributed by atoms with Gasteiger partial charge in [-0.3, -0.25) is 14.4 Å². The highest BCUT2D eigenvalue weighted by Gasteiger charge is 2.19. The number of anilines is 1. The van der Waals surface area contributed by atoms with Crippen LogP contribution >= 0.6 is 11.3 Å². The van der Waals surface area contributed by atoms with Gasteiger partial charge in [0, 0.05) is 23.2 Å². The van der Waals surface area contributed by atoms with E-state index in [4.69, 9.17) is 0 Å². The van der Waals surface area contributed by atoms with E-state index in [2.05, 4.69) is 10.4 Å². The molecule has 162 valence electrons. The SMILES string of the molecule is CCCN(CC(=O)Nc1ccccc1C)C(=O)Cn1nc(-c2ccc(C)s2)ccc1=O. The van der Waals surface area contributed by atoms with Crippen molar-refractivity contribution in [3.8, 4) is 10.6 Å². The number of aryl methyl sites for hydroxylation is 2. The standard InChI is InChI=1S/C23H26N4O3S/c1-4-13-26(14-21(28)24-18-8-6-5-7-16(18)2)23(30)15-27-22(29)12-10-19(25-27)20-11-9-17(3)31-20/h5-12H,4,13-15H2,1-3H3,(H,24,28). The van der Waals surface area contributed by atoms with Gasteiger partial charge in [0.05, 0.1) is 11.4 Å². The lowest BCUT2D eigenvalue weighted by molar-refractivity contribution is -0.135. The normalized spacial score (nSPS) is 10.7. The minimum Gasteiger partial charge on any atom is -0.332 e. The molecule has 0 aliphatic rings. The third-order valence-corrected chi connectivity index (χ3v) is 5.77. The van der Waals surface area contributed by atoms with Crippen LogP contribution in [-0.4, -0.2) is 39.6 Å². The first kappa shape index (κ1) is 22.4. The van der Waals surface area contributed by atoms with Crippen molar-refractivity contribution in [1.82, 2.24) is 14.7 Å². The second-order valence-electron chi connectivity index (χ2n) is 7.30. The number of thiophene rings is 1. The van der Waals surface area contributed by atoms with Crippen molar-refractivity contribution in [1.29, 1.82) is 0 Å². The topological polar surface area (TPSA) is 84.3 Å². The highest BCUT2D eigenvalue weighted by molar-refractivity contribution is 7.15. The van der Waals surface area contributed by atoms with E-state index in [0.717, 1.165) is 20.0 Å². The van der Waals surface area contributed by atoms with Gasteiger partial charge in [0.25, 0.3) is 5.56 Å². The molecule has 1 N–H and O–H groups in total. The number of aromatic nitrogens is 2. The zero-order chi connectivity index (χ0) is 22.4. The minimum absolute atomic E-state index is 0.0838. The first-order chi connectivity index (χ1) is 14.9. The van der Waals surface area contributed by atoms with Crippen LogP contribution < -0.4 is 10.9 Å². The van der Waals surface area contributed by atoms with Gasteiger partial charge in [0.15, 0.2) is 0 Å². The summed E-state index contributed by atoms with van der Waals surface area (Å²) in [6.07, 6.45) is 0.695. The van der Waals surface area contributed by atoms with Crippen molar-refractivity contribution in [3.05, 3.63) is 69.3 Å². The predicted molar refractivity (Wildman–Crippen MR) is 123 cm³/mol. The van der Waals surface area contributed by atoms with Crippen LogP contribution in [0, 0.1) is 13.8 Å². The fourth-order valence-electron chi connectivity index (χ4n) is 3.13. The van der Waals surface area contributed by atoms with E-state index in [1.54, 1.807) is 17.4 Å². The predicted octanol–water partition coefficient (Wildman–Crippen LogP) is 3.47. The molecule has 0 spiro atoms. The number of nitrogens with zero attached hydrogens (tertiary/aromatic N) is 3. The summed E-state index contributed by atoms with van der Waals surface area (Å²) in [6, 6.07) is 14.5. The molecule has 0 saturated carbocycles. The number of para-hydroxylation sites is 1. The summed E-state index contributed by atoms with van der Waals surface area (Å²) in [5, 5.41) is 7.21. The summed E-state index contributed by atoms with van der Waals surface area (Å²) in [5.41, 5.74) is 1.95. The Hall–Kier alpha value is -3.26. The number of carbonyl (C=O) groups excluding carboxylic acids is 2. The van der Waals surface area contributed by atoms with Gasteiger partial charge in [0.1, 0.15) is 12.2 Å². The first-order valence-electron chi connectivity index (χ1n) is 10.2. The Kier molecular flexibility index (Phi) is 7.36. The quantitative estimate of drug-likeness (QED) is 0.584. The highest BCUT2D eigenvalue weighted by atomic mass is 32.1. The van der Waals surface area contributed by atoms with Crippen LogP contribution in [0.3, 0.4) is 0 Å². The molecule has 0 aliphatic carbocycles. The van der Waals surface area contributed by atoms with Gasteiger partial charge in [-0.25, -0.2) is 4.68 Å². The molecule has 1 aromatic carbocycles. The van der Waals surface area contributed by atoms with Crippen molar-refractivity contribution in [2.24, 2.45) is 0 Å². The molecule has 3 rings (SSSR count). The van der Waals surface area contributed by atoms with Crippen molar-refractivity contribution >= 4 is 28.8 Å². The van der Waals surface area contributed by atoms with Gasteiger partial charge in [-0.05, 0) is 50.1 Å². The van der Waals surface area contributed by atoms with Crippen molar-refractivity contribution in [2.45, 2.75) is 33.7 Å². The molecule has 0 unspecified atom stereocenters. The second-order valence-corrected chi connectivity index (χ2v) is 8.59. The molecule has 0 saturated heterocycles. The number of carbonyl (C=O) groups is 2. The third kappa shape index (κ3) is 5.88. The molecule has 2 aromatic heterocycles. The smallest absolute Gasteiger partial charge is 0.267 e. The van der Waals surface area contributed by atoms with E-state index in [0.29, 0.717) is 24.3 Å². The molecule has 0 radical (unpaired) electrons. The summed E-state index contributed by atoms with van der Waals surface area (Å²) in [4.78, 5) is 41.2. The van der Waals surface area contributed by atoms with Crippen molar-refractivity contribution in [3.63, 3.8) is 0 Å². The van der Waals surface area contributed by atoms with Gasteiger partial charge in [-0.1, -0.05) is 25.1 Å². The Bertz CT molecular complexity index is 1140. The summed E-state index contributed by atoms with van der Waals surface area (Å²) in [5.74, 6) is -0.602. The number of benzene rings is 1. The molecule has 0 fully saturated rings. The number of hydrogen-bond donors (Lipinski definition) is 1. The largest absolute Gasteiger partial charge is 0.332 e. The van der Waals surface area contributed by atoms with Crippen LogP contribution in [0.1, 0.15) is 23.8 Å². The van der Waals surface area contributed by atoms with Crippen LogP contribution in [0.25, 0.3) is 10.6 Å². The van der Waals surface area contributed by atoms with E-state index in [9.17, 15) is 14.4 Å². The summed E-state index contributed by atoms with van der Waals surface area (Å²) >= 11 is 1.57. The van der Waals surface area contributed by atoms with Gasteiger partial charge in [-0.15, -0.1) is 11.3 Å². The average molecular weight is 439 g/mol. The Morgan fingerprint density at radius 1 is 1.10 bits per heavy atom.